The van der Waals surface area contributed by atoms with Crippen molar-refractivity contribution in [2.24, 2.45) is 0 Å². The predicted octanol–water partition coefficient (Wildman–Crippen LogP) is 5.02. The molecule has 0 saturated carbocycles. The van der Waals surface area contributed by atoms with Crippen LogP contribution in [0, 0.1) is 13.8 Å². The van der Waals surface area contributed by atoms with Gasteiger partial charge in [-0.1, -0.05) is 24.3 Å². The van der Waals surface area contributed by atoms with Crippen LogP contribution >= 0.6 is 0 Å². The maximum absolute atomic E-state index is 13.6. The highest BCUT2D eigenvalue weighted by molar-refractivity contribution is 6.07. The van der Waals surface area contributed by atoms with E-state index in [1.54, 1.807) is 12.0 Å². The molecule has 0 atom stereocenters. The molecule has 0 fully saturated rings. The summed E-state index contributed by atoms with van der Waals surface area (Å²) < 4.78 is 7.34. The molecule has 0 unspecified atom stereocenters. The normalized spacial score (nSPS) is 11.0. The first-order chi connectivity index (χ1) is 15.4. The van der Waals surface area contributed by atoms with Gasteiger partial charge in [0.05, 0.1) is 30.1 Å². The van der Waals surface area contributed by atoms with Gasteiger partial charge in [0.1, 0.15) is 5.75 Å². The number of fused-ring (bicyclic) bond motifs is 1. The number of benzene rings is 2. The van der Waals surface area contributed by atoms with Gasteiger partial charge in [-0.25, -0.2) is 4.98 Å². The summed E-state index contributed by atoms with van der Waals surface area (Å²) in [5.41, 5.74) is 6.37. The zero-order valence-corrected chi connectivity index (χ0v) is 19.2. The van der Waals surface area contributed by atoms with Crippen molar-refractivity contribution in [2.75, 3.05) is 14.2 Å². The van der Waals surface area contributed by atoms with E-state index in [0.29, 0.717) is 17.9 Å². The summed E-state index contributed by atoms with van der Waals surface area (Å²) in [5.74, 6) is 0.655. The van der Waals surface area contributed by atoms with Crippen LogP contribution in [0.3, 0.4) is 0 Å². The number of pyridine rings is 1. The zero-order chi connectivity index (χ0) is 22.8. The number of hydrogen-bond donors (Lipinski definition) is 0. The molecule has 2 heterocycles. The second-order valence-corrected chi connectivity index (χ2v) is 7.99. The average Bonchev–Trinajstić information content (AvgIpc) is 3.16. The first-order valence-corrected chi connectivity index (χ1v) is 10.7. The first kappa shape index (κ1) is 21.6. The van der Waals surface area contributed by atoms with Crippen LogP contribution in [0.1, 0.15) is 34.1 Å². The van der Waals surface area contributed by atoms with Crippen molar-refractivity contribution < 1.29 is 9.53 Å². The molecule has 0 N–H and O–H groups in total. The Morgan fingerprint density at radius 1 is 1.12 bits per heavy atom. The van der Waals surface area contributed by atoms with E-state index in [2.05, 4.69) is 25.0 Å². The smallest absolute Gasteiger partial charge is 0.254 e. The van der Waals surface area contributed by atoms with Crippen LogP contribution in [0.4, 0.5) is 0 Å². The van der Waals surface area contributed by atoms with Crippen molar-refractivity contribution >= 4 is 16.8 Å². The zero-order valence-electron chi connectivity index (χ0n) is 19.2. The van der Waals surface area contributed by atoms with E-state index in [1.165, 1.54) is 0 Å². The molecular formula is C26H28N4O2. The minimum Gasteiger partial charge on any atom is -0.497 e. The average molecular weight is 429 g/mol. The Labute approximate surface area is 188 Å². The van der Waals surface area contributed by atoms with Crippen molar-refractivity contribution in [3.8, 4) is 17.0 Å². The number of carbonyl (C=O) groups excluding carboxylic acids is 1. The topological polar surface area (TPSA) is 60.2 Å². The predicted molar refractivity (Wildman–Crippen MR) is 127 cm³/mol. The van der Waals surface area contributed by atoms with Gasteiger partial charge < -0.3 is 9.64 Å². The second kappa shape index (κ2) is 8.83. The van der Waals surface area contributed by atoms with Crippen LogP contribution in [-0.4, -0.2) is 39.7 Å². The lowest BCUT2D eigenvalue weighted by Crippen LogP contribution is -2.26. The van der Waals surface area contributed by atoms with E-state index < -0.39 is 0 Å². The molecular weight excluding hydrogens is 400 g/mol. The van der Waals surface area contributed by atoms with Gasteiger partial charge in [0.15, 0.2) is 0 Å². The molecule has 0 spiro atoms. The van der Waals surface area contributed by atoms with Gasteiger partial charge in [-0.3, -0.25) is 9.48 Å². The SMILES string of the molecule is CCn1ncc(CN(C)C(=O)c2cc(-c3ccccc3C)nc3cc(OC)ccc23)c1C. The lowest BCUT2D eigenvalue weighted by Gasteiger charge is -2.19. The van der Waals surface area contributed by atoms with Crippen molar-refractivity contribution in [1.29, 1.82) is 0 Å². The summed E-state index contributed by atoms with van der Waals surface area (Å²) in [6.07, 6.45) is 1.84. The fourth-order valence-corrected chi connectivity index (χ4v) is 4.00. The molecule has 4 aromatic rings. The van der Waals surface area contributed by atoms with Crippen LogP contribution in [0.25, 0.3) is 22.2 Å². The summed E-state index contributed by atoms with van der Waals surface area (Å²) in [6.45, 7) is 7.44. The van der Waals surface area contributed by atoms with Crippen LogP contribution in [0.2, 0.25) is 0 Å². The monoisotopic (exact) mass is 428 g/mol. The highest BCUT2D eigenvalue weighted by Crippen LogP contribution is 2.30. The minimum atomic E-state index is -0.0546. The number of methoxy groups -OCH3 is 1. The van der Waals surface area contributed by atoms with Crippen molar-refractivity contribution in [1.82, 2.24) is 19.7 Å². The van der Waals surface area contributed by atoms with E-state index in [4.69, 9.17) is 9.72 Å². The molecule has 2 aromatic heterocycles. The summed E-state index contributed by atoms with van der Waals surface area (Å²) in [4.78, 5) is 20.2. The molecule has 32 heavy (non-hydrogen) atoms. The fourth-order valence-electron chi connectivity index (χ4n) is 4.00. The molecule has 6 heteroatoms. The van der Waals surface area contributed by atoms with E-state index >= 15 is 0 Å². The van der Waals surface area contributed by atoms with Gasteiger partial charge in [0.25, 0.3) is 5.91 Å². The number of nitrogens with zero attached hydrogens (tertiary/aromatic N) is 4. The molecule has 4 rings (SSSR count). The molecule has 0 aliphatic rings. The minimum absolute atomic E-state index is 0.0546. The first-order valence-electron chi connectivity index (χ1n) is 10.7. The van der Waals surface area contributed by atoms with Crippen molar-refractivity contribution in [3.05, 3.63) is 77.1 Å². The highest BCUT2D eigenvalue weighted by Gasteiger charge is 2.20. The summed E-state index contributed by atoms with van der Waals surface area (Å²) in [5, 5.41) is 5.21. The van der Waals surface area contributed by atoms with Gasteiger partial charge >= 0.3 is 0 Å². The van der Waals surface area contributed by atoms with Gasteiger partial charge in [0, 0.05) is 48.4 Å². The van der Waals surface area contributed by atoms with E-state index in [1.807, 2.05) is 67.3 Å². The number of amides is 1. The molecule has 6 nitrogen and oxygen atoms in total. The maximum atomic E-state index is 13.6. The second-order valence-electron chi connectivity index (χ2n) is 7.99. The fraction of sp³-hybridized carbons (Fsp3) is 0.269. The summed E-state index contributed by atoms with van der Waals surface area (Å²) in [6, 6.07) is 15.6. The Morgan fingerprint density at radius 2 is 1.91 bits per heavy atom. The molecule has 0 bridgehead atoms. The Kier molecular flexibility index (Phi) is 5.95. The van der Waals surface area contributed by atoms with Crippen LogP contribution in [0.15, 0.2) is 54.7 Å². The van der Waals surface area contributed by atoms with Gasteiger partial charge in [-0.2, -0.15) is 5.10 Å². The van der Waals surface area contributed by atoms with E-state index in [9.17, 15) is 4.79 Å². The van der Waals surface area contributed by atoms with Gasteiger partial charge in [-0.15, -0.1) is 0 Å². The number of rotatable bonds is 6. The molecule has 164 valence electrons. The quantitative estimate of drug-likeness (QED) is 0.433. The Morgan fingerprint density at radius 3 is 2.59 bits per heavy atom. The molecule has 0 aliphatic heterocycles. The van der Waals surface area contributed by atoms with E-state index in [-0.39, 0.29) is 5.91 Å². The lowest BCUT2D eigenvalue weighted by molar-refractivity contribution is 0.0787. The number of carbonyl (C=O) groups is 1. The third-order valence-electron chi connectivity index (χ3n) is 5.93. The van der Waals surface area contributed by atoms with Gasteiger partial charge in [0.2, 0.25) is 0 Å². The van der Waals surface area contributed by atoms with Gasteiger partial charge in [-0.05, 0) is 44.5 Å². The largest absolute Gasteiger partial charge is 0.497 e. The van der Waals surface area contributed by atoms with E-state index in [0.717, 1.165) is 45.5 Å². The summed E-state index contributed by atoms with van der Waals surface area (Å²) >= 11 is 0. The van der Waals surface area contributed by atoms with Crippen LogP contribution in [0.5, 0.6) is 5.75 Å². The third-order valence-corrected chi connectivity index (χ3v) is 5.93. The maximum Gasteiger partial charge on any atom is 0.254 e. The molecule has 1 amide bonds. The molecule has 0 aliphatic carbocycles. The number of ether oxygens (including phenoxy) is 1. The molecule has 2 aromatic carbocycles. The molecule has 0 radical (unpaired) electrons. The van der Waals surface area contributed by atoms with Crippen molar-refractivity contribution in [2.45, 2.75) is 33.9 Å². The molecule has 0 saturated heterocycles. The number of hydrogen-bond acceptors (Lipinski definition) is 4. The number of aryl methyl sites for hydroxylation is 2. The Balaban J connectivity index is 1.79. The summed E-state index contributed by atoms with van der Waals surface area (Å²) in [7, 11) is 3.46. The Hall–Kier alpha value is -3.67. The third kappa shape index (κ3) is 3.96. The lowest BCUT2D eigenvalue weighted by atomic mass is 10.00. The van der Waals surface area contributed by atoms with Crippen LogP contribution in [-0.2, 0) is 13.1 Å². The standard InChI is InChI=1S/C26H28N4O2/c1-6-30-18(3)19(15-27-30)16-29(4)26(31)23-14-25(21-10-8-7-9-17(21)2)28-24-13-20(32-5)11-12-22(23)24/h7-15H,6,16H2,1-5H3. The number of aromatic nitrogens is 3. The highest BCUT2D eigenvalue weighted by atomic mass is 16.5. The van der Waals surface area contributed by atoms with Crippen molar-refractivity contribution in [3.63, 3.8) is 0 Å². The van der Waals surface area contributed by atoms with Crippen LogP contribution < -0.4 is 4.74 Å². The Bertz CT molecular complexity index is 1290.